The van der Waals surface area contributed by atoms with Gasteiger partial charge in [0.1, 0.15) is 5.66 Å². The Hall–Kier alpha value is -4.28. The molecule has 1 aromatic heterocycles. The molecule has 48 heavy (non-hydrogen) atoms. The van der Waals surface area contributed by atoms with Gasteiger partial charge in [-0.25, -0.2) is 4.99 Å². The maximum atomic E-state index is 14.8. The summed E-state index contributed by atoms with van der Waals surface area (Å²) >= 11 is 0. The number of anilines is 1. The van der Waals surface area contributed by atoms with Gasteiger partial charge in [0.05, 0.1) is 12.6 Å². The van der Waals surface area contributed by atoms with Crippen molar-refractivity contribution in [2.24, 2.45) is 22.2 Å². The molecule has 0 radical (unpaired) electrons. The van der Waals surface area contributed by atoms with E-state index in [1.165, 1.54) is 5.69 Å². The first-order valence-electron chi connectivity index (χ1n) is 17.6. The Balaban J connectivity index is 1.27. The molecule has 3 aliphatic rings. The molecule has 0 bridgehead atoms. The van der Waals surface area contributed by atoms with E-state index in [9.17, 15) is 9.59 Å². The number of H-pyrrole nitrogens is 1. The zero-order chi connectivity index (χ0) is 33.9. The van der Waals surface area contributed by atoms with Gasteiger partial charge < -0.3 is 20.0 Å². The number of tetrazole rings is 1. The number of carbonyl (C=O) groups excluding carboxylic acids is 2. The third-order valence-electron chi connectivity index (χ3n) is 10.6. The minimum atomic E-state index is -0.562. The van der Waals surface area contributed by atoms with Crippen LogP contribution in [-0.4, -0.2) is 79.9 Å². The topological polar surface area (TPSA) is 123 Å². The van der Waals surface area contributed by atoms with Crippen molar-refractivity contribution in [1.82, 2.24) is 35.7 Å². The maximum Gasteiger partial charge on any atom is 0.291 e. The molecule has 1 aliphatic carbocycles. The fraction of sp³-hybridized carbons (Fsp3) is 0.568. The number of nitrogens with zero attached hydrogens (tertiary/aromatic N) is 7. The van der Waals surface area contributed by atoms with Crippen LogP contribution in [0, 0.1) is 17.3 Å². The number of rotatable bonds is 9. The average Bonchev–Trinajstić information content (AvgIpc) is 3.71. The number of para-hydroxylation sites is 1. The summed E-state index contributed by atoms with van der Waals surface area (Å²) in [6.45, 7) is 14.9. The molecule has 2 amide bonds. The highest BCUT2D eigenvalue weighted by atomic mass is 16.2. The highest BCUT2D eigenvalue weighted by molar-refractivity contribution is 6.39. The summed E-state index contributed by atoms with van der Waals surface area (Å²) in [6, 6.07) is 18.1. The highest BCUT2D eigenvalue weighted by Crippen LogP contribution is 2.50. The minimum absolute atomic E-state index is 0.0491. The van der Waals surface area contributed by atoms with E-state index >= 15 is 0 Å². The van der Waals surface area contributed by atoms with Gasteiger partial charge in [-0.1, -0.05) is 70.2 Å². The Bertz CT molecular complexity index is 1550. The van der Waals surface area contributed by atoms with Crippen LogP contribution >= 0.6 is 0 Å². The van der Waals surface area contributed by atoms with Gasteiger partial charge >= 0.3 is 0 Å². The molecule has 1 saturated carbocycles. The zero-order valence-electron chi connectivity index (χ0n) is 29.2. The van der Waals surface area contributed by atoms with Gasteiger partial charge in [-0.2, -0.15) is 5.21 Å². The lowest BCUT2D eigenvalue weighted by Crippen LogP contribution is -2.54. The van der Waals surface area contributed by atoms with Crippen molar-refractivity contribution in [3.8, 4) is 0 Å². The third-order valence-corrected chi connectivity index (χ3v) is 10.6. The van der Waals surface area contributed by atoms with Crippen LogP contribution in [0.1, 0.15) is 101 Å². The number of nitrogens with one attached hydrogen (secondary N) is 2. The van der Waals surface area contributed by atoms with Crippen molar-refractivity contribution in [2.75, 3.05) is 31.1 Å². The van der Waals surface area contributed by atoms with Gasteiger partial charge in [0, 0.05) is 37.4 Å². The van der Waals surface area contributed by atoms with Gasteiger partial charge in [0.25, 0.3) is 11.8 Å². The number of amides is 2. The monoisotopic (exact) mass is 653 g/mol. The fourth-order valence-corrected chi connectivity index (χ4v) is 7.66. The van der Waals surface area contributed by atoms with Gasteiger partial charge in [-0.15, -0.1) is 10.2 Å². The lowest BCUT2D eigenvalue weighted by Gasteiger charge is -2.47. The van der Waals surface area contributed by atoms with Crippen LogP contribution in [0.25, 0.3) is 0 Å². The number of carbonyl (C=O) groups is 2. The molecule has 1 atom stereocenters. The van der Waals surface area contributed by atoms with Crippen molar-refractivity contribution >= 4 is 23.3 Å². The summed E-state index contributed by atoms with van der Waals surface area (Å²) in [5.41, 5.74) is 2.46. The molecule has 11 heteroatoms. The van der Waals surface area contributed by atoms with Crippen LogP contribution in [0.4, 0.5) is 5.69 Å². The molecule has 2 N–H and O–H groups in total. The summed E-state index contributed by atoms with van der Waals surface area (Å²) in [4.78, 5) is 40.0. The van der Waals surface area contributed by atoms with Gasteiger partial charge in [0.15, 0.2) is 11.7 Å². The summed E-state index contributed by atoms with van der Waals surface area (Å²) in [6.07, 6.45) is 5.63. The summed E-state index contributed by atoms with van der Waals surface area (Å²) in [5.74, 6) is 1.97. The smallest absolute Gasteiger partial charge is 0.291 e. The number of aromatic nitrogens is 4. The number of hydrogen-bond donors (Lipinski definition) is 2. The molecule has 1 saturated heterocycles. The maximum absolute atomic E-state index is 14.8. The number of aliphatic imine (C=N–C) groups is 1. The van der Waals surface area contributed by atoms with Crippen molar-refractivity contribution in [3.63, 3.8) is 0 Å². The van der Waals surface area contributed by atoms with Crippen molar-refractivity contribution in [1.29, 1.82) is 0 Å². The average molecular weight is 654 g/mol. The third kappa shape index (κ3) is 7.24. The number of aromatic amines is 1. The van der Waals surface area contributed by atoms with Crippen LogP contribution in [0.5, 0.6) is 0 Å². The van der Waals surface area contributed by atoms with E-state index in [0.29, 0.717) is 29.1 Å². The van der Waals surface area contributed by atoms with Crippen LogP contribution in [-0.2, 0) is 11.3 Å². The largest absolute Gasteiger partial charge is 0.368 e. The number of benzene rings is 2. The molecule has 1 spiro atoms. The second-order valence-corrected chi connectivity index (χ2v) is 15.2. The van der Waals surface area contributed by atoms with E-state index in [-0.39, 0.29) is 29.8 Å². The predicted octanol–water partition coefficient (Wildman–Crippen LogP) is 5.60. The SMILES string of the molecule is CC(C)CC[C@H](c1ccc(C(=O)NCc2nn[nH]n2)cc1)N1C(=O)C(N2CCN(c3ccccc3)CC2)=NC12CCC(C(C)(C)C)CC2. The Labute approximate surface area is 284 Å². The molecule has 2 aliphatic heterocycles. The molecular formula is C37H51N9O2. The number of piperazine rings is 1. The highest BCUT2D eigenvalue weighted by Gasteiger charge is 2.53. The Kier molecular flexibility index (Phi) is 9.85. The van der Waals surface area contributed by atoms with E-state index in [1.54, 1.807) is 0 Å². The van der Waals surface area contributed by atoms with Crippen LogP contribution in [0.3, 0.4) is 0 Å². The van der Waals surface area contributed by atoms with Gasteiger partial charge in [0.2, 0.25) is 0 Å². The predicted molar refractivity (Wildman–Crippen MR) is 187 cm³/mol. The molecule has 0 unspecified atom stereocenters. The Morgan fingerprint density at radius 1 is 0.958 bits per heavy atom. The standard InChI is InChI=1S/C37H51N9O2/c1-26(2)11-16-31(27-12-14-28(15-13-27)34(47)38-25-32-40-42-43-41-32)46-35(48)33(39-37(46)19-17-29(18-20-37)36(3,4)5)45-23-21-44(22-24-45)30-9-7-6-8-10-30/h6-10,12-15,26,29,31H,11,16-25H2,1-5H3,(H,38,47)(H,40,41,42,43)/t29?,31-,37?/m1/s1. The molecular weight excluding hydrogens is 602 g/mol. The van der Waals surface area contributed by atoms with E-state index in [2.05, 4.69) is 99.5 Å². The van der Waals surface area contributed by atoms with Crippen molar-refractivity contribution < 1.29 is 9.59 Å². The first-order valence-corrected chi connectivity index (χ1v) is 17.6. The first kappa shape index (κ1) is 33.6. The normalized spacial score (nSPS) is 22.4. The number of hydrogen-bond acceptors (Lipinski definition) is 8. The lowest BCUT2D eigenvalue weighted by molar-refractivity contribution is -0.134. The number of amidine groups is 1. The quantitative estimate of drug-likeness (QED) is 0.308. The van der Waals surface area contributed by atoms with E-state index in [1.807, 2.05) is 30.3 Å². The van der Waals surface area contributed by atoms with Gasteiger partial charge in [-0.05, 0) is 85.6 Å². The summed E-state index contributed by atoms with van der Waals surface area (Å²) in [7, 11) is 0. The van der Waals surface area contributed by atoms with E-state index in [0.717, 1.165) is 70.3 Å². The molecule has 3 aromatic rings. The lowest BCUT2D eigenvalue weighted by atomic mass is 9.69. The molecule has 11 nitrogen and oxygen atoms in total. The van der Waals surface area contributed by atoms with Crippen LogP contribution in [0.15, 0.2) is 59.6 Å². The van der Waals surface area contributed by atoms with Crippen molar-refractivity contribution in [2.45, 2.75) is 91.4 Å². The Morgan fingerprint density at radius 3 is 2.23 bits per heavy atom. The zero-order valence-corrected chi connectivity index (χ0v) is 29.2. The van der Waals surface area contributed by atoms with Crippen molar-refractivity contribution in [3.05, 3.63) is 71.5 Å². The molecule has 3 heterocycles. The van der Waals surface area contributed by atoms with Gasteiger partial charge in [-0.3, -0.25) is 9.59 Å². The molecule has 256 valence electrons. The van der Waals surface area contributed by atoms with Crippen LogP contribution in [0.2, 0.25) is 0 Å². The second-order valence-electron chi connectivity index (χ2n) is 15.2. The molecule has 2 fully saturated rings. The Morgan fingerprint density at radius 2 is 1.62 bits per heavy atom. The summed E-state index contributed by atoms with van der Waals surface area (Å²) < 4.78 is 0. The molecule has 2 aromatic carbocycles. The van der Waals surface area contributed by atoms with E-state index < -0.39 is 5.66 Å². The van der Waals surface area contributed by atoms with Crippen LogP contribution < -0.4 is 10.2 Å². The van der Waals surface area contributed by atoms with E-state index in [4.69, 9.17) is 4.99 Å². The minimum Gasteiger partial charge on any atom is -0.368 e. The fourth-order valence-electron chi connectivity index (χ4n) is 7.66. The first-order chi connectivity index (χ1) is 23.0. The molecule has 6 rings (SSSR count). The summed E-state index contributed by atoms with van der Waals surface area (Å²) in [5, 5.41) is 16.6. The second kappa shape index (κ2) is 14.1.